The van der Waals surface area contributed by atoms with Gasteiger partial charge in [-0.3, -0.25) is 4.79 Å². The van der Waals surface area contributed by atoms with E-state index in [9.17, 15) is 18.3 Å². The minimum atomic E-state index is -3.85. The molecule has 0 aromatic heterocycles. The van der Waals surface area contributed by atoms with Gasteiger partial charge in [-0.1, -0.05) is 19.8 Å². The number of nitrogens with one attached hydrogen (secondary N) is 1. The van der Waals surface area contributed by atoms with Crippen molar-refractivity contribution in [3.8, 4) is 0 Å². The third-order valence-corrected chi connectivity index (χ3v) is 6.37. The molecule has 2 rings (SSSR count). The first kappa shape index (κ1) is 16.7. The first-order valence-corrected chi connectivity index (χ1v) is 9.37. The van der Waals surface area contributed by atoms with Crippen molar-refractivity contribution in [2.45, 2.75) is 43.0 Å². The predicted octanol–water partition coefficient (Wildman–Crippen LogP) is 2.60. The zero-order chi connectivity index (χ0) is 15.7. The molecule has 2 atom stereocenters. The number of carbonyl (C=O) groups is 1. The maximum absolute atomic E-state index is 12.5. The largest absolute Gasteiger partial charge is 0.480 e. The van der Waals surface area contributed by atoms with Crippen LogP contribution in [0.25, 0.3) is 0 Å². The molecule has 1 aromatic carbocycles. The average Bonchev–Trinajstić information content (AvgIpc) is 2.41. The van der Waals surface area contributed by atoms with Gasteiger partial charge in [0.2, 0.25) is 10.0 Å². The molecule has 2 N–H and O–H groups in total. The number of halogens is 1. The molecule has 1 fully saturated rings. The fourth-order valence-corrected chi connectivity index (χ4v) is 4.61. The van der Waals surface area contributed by atoms with Crippen LogP contribution in [0.15, 0.2) is 29.2 Å². The van der Waals surface area contributed by atoms with Crippen LogP contribution in [0.5, 0.6) is 0 Å². The van der Waals surface area contributed by atoms with Gasteiger partial charge in [0, 0.05) is 3.57 Å². The Labute approximate surface area is 138 Å². The Morgan fingerprint density at radius 1 is 1.33 bits per heavy atom. The zero-order valence-corrected chi connectivity index (χ0v) is 14.6. The van der Waals surface area contributed by atoms with Crippen LogP contribution in [0.4, 0.5) is 0 Å². The highest BCUT2D eigenvalue weighted by atomic mass is 127. The lowest BCUT2D eigenvalue weighted by Gasteiger charge is -2.39. The Bertz CT molecular complexity index is 629. The van der Waals surface area contributed by atoms with E-state index < -0.39 is 21.5 Å². The molecule has 0 amide bonds. The summed E-state index contributed by atoms with van der Waals surface area (Å²) in [4.78, 5) is 11.8. The van der Waals surface area contributed by atoms with E-state index in [1.165, 1.54) is 12.1 Å². The van der Waals surface area contributed by atoms with Gasteiger partial charge in [-0.05, 0) is 65.6 Å². The average molecular weight is 423 g/mol. The number of rotatable bonds is 4. The zero-order valence-electron chi connectivity index (χ0n) is 11.7. The van der Waals surface area contributed by atoms with Gasteiger partial charge in [0.05, 0.1) is 4.90 Å². The van der Waals surface area contributed by atoms with Crippen molar-refractivity contribution in [2.24, 2.45) is 5.92 Å². The molecule has 0 aliphatic heterocycles. The van der Waals surface area contributed by atoms with Crippen LogP contribution < -0.4 is 4.72 Å². The third-order valence-electron chi connectivity index (χ3n) is 4.12. The van der Waals surface area contributed by atoms with Crippen molar-refractivity contribution in [3.63, 3.8) is 0 Å². The summed E-state index contributed by atoms with van der Waals surface area (Å²) in [5.74, 6) is -1.33. The van der Waals surface area contributed by atoms with Gasteiger partial charge in [-0.15, -0.1) is 0 Å². The van der Waals surface area contributed by atoms with Gasteiger partial charge < -0.3 is 5.11 Å². The molecular formula is C14H18INO4S. The predicted molar refractivity (Wildman–Crippen MR) is 87.5 cm³/mol. The molecule has 5 nitrogen and oxygen atoms in total. The highest BCUT2D eigenvalue weighted by Crippen LogP contribution is 2.35. The summed E-state index contributed by atoms with van der Waals surface area (Å²) in [5, 5.41) is 9.59. The fraction of sp³-hybridized carbons (Fsp3) is 0.500. The minimum absolute atomic E-state index is 0.0984. The van der Waals surface area contributed by atoms with E-state index in [4.69, 9.17) is 0 Å². The molecule has 1 saturated carbocycles. The second-order valence-electron chi connectivity index (χ2n) is 5.48. The lowest BCUT2D eigenvalue weighted by molar-refractivity contribution is -0.147. The molecule has 1 aromatic rings. The van der Waals surface area contributed by atoms with E-state index in [2.05, 4.69) is 27.3 Å². The first-order valence-electron chi connectivity index (χ1n) is 6.81. The minimum Gasteiger partial charge on any atom is -0.480 e. The van der Waals surface area contributed by atoms with Crippen molar-refractivity contribution in [1.29, 1.82) is 0 Å². The van der Waals surface area contributed by atoms with E-state index in [0.717, 1.165) is 9.99 Å². The Hall–Kier alpha value is -0.670. The van der Waals surface area contributed by atoms with Crippen molar-refractivity contribution in [3.05, 3.63) is 27.8 Å². The molecule has 0 radical (unpaired) electrons. The van der Waals surface area contributed by atoms with Gasteiger partial charge in [-0.25, -0.2) is 8.42 Å². The molecule has 0 spiro atoms. The van der Waals surface area contributed by atoms with Crippen LogP contribution in [0.2, 0.25) is 0 Å². The number of sulfonamides is 1. The van der Waals surface area contributed by atoms with Crippen molar-refractivity contribution < 1.29 is 18.3 Å². The van der Waals surface area contributed by atoms with Gasteiger partial charge >= 0.3 is 5.97 Å². The molecular weight excluding hydrogens is 405 g/mol. The molecule has 0 bridgehead atoms. The van der Waals surface area contributed by atoms with E-state index in [1.54, 1.807) is 19.1 Å². The summed E-state index contributed by atoms with van der Waals surface area (Å²) in [6, 6.07) is 6.36. The summed E-state index contributed by atoms with van der Waals surface area (Å²) >= 11 is 2.09. The first-order chi connectivity index (χ1) is 9.78. The number of benzene rings is 1. The van der Waals surface area contributed by atoms with Crippen LogP contribution in [0.3, 0.4) is 0 Å². The molecule has 2 unspecified atom stereocenters. The van der Waals surface area contributed by atoms with Crippen LogP contribution >= 0.6 is 22.6 Å². The topological polar surface area (TPSA) is 83.5 Å². The van der Waals surface area contributed by atoms with Crippen molar-refractivity contribution in [2.75, 3.05) is 0 Å². The van der Waals surface area contributed by atoms with E-state index >= 15 is 0 Å². The Morgan fingerprint density at radius 3 is 2.48 bits per heavy atom. The number of aliphatic carboxylic acids is 1. The monoisotopic (exact) mass is 423 g/mol. The molecule has 0 saturated heterocycles. The lowest BCUT2D eigenvalue weighted by Crippen LogP contribution is -2.59. The summed E-state index contributed by atoms with van der Waals surface area (Å²) < 4.78 is 28.4. The molecule has 7 heteroatoms. The number of hydrogen-bond donors (Lipinski definition) is 2. The molecule has 0 heterocycles. The Balaban J connectivity index is 2.36. The summed E-state index contributed by atoms with van der Waals surface area (Å²) in [7, 11) is -3.85. The van der Waals surface area contributed by atoms with Crippen molar-refractivity contribution >= 4 is 38.6 Å². The smallest absolute Gasteiger partial charge is 0.325 e. The third kappa shape index (κ3) is 3.40. The maximum atomic E-state index is 12.5. The molecule has 116 valence electrons. The van der Waals surface area contributed by atoms with Gasteiger partial charge in [-0.2, -0.15) is 4.72 Å². The van der Waals surface area contributed by atoms with Crippen molar-refractivity contribution in [1.82, 2.24) is 4.72 Å². The lowest BCUT2D eigenvalue weighted by atomic mass is 9.74. The maximum Gasteiger partial charge on any atom is 0.325 e. The highest BCUT2D eigenvalue weighted by molar-refractivity contribution is 14.1. The second kappa shape index (κ2) is 6.21. The van der Waals surface area contributed by atoms with Crippen LogP contribution in [-0.4, -0.2) is 25.0 Å². The molecule has 1 aliphatic rings. The molecule has 21 heavy (non-hydrogen) atoms. The fourth-order valence-electron chi connectivity index (χ4n) is 2.77. The molecule has 1 aliphatic carbocycles. The summed E-state index contributed by atoms with van der Waals surface area (Å²) in [5.41, 5.74) is -1.40. The number of hydrogen-bond acceptors (Lipinski definition) is 3. The number of carboxylic acids is 1. The quantitative estimate of drug-likeness (QED) is 0.730. The number of carboxylic acid groups (broad SMARTS) is 1. The normalized spacial score (nSPS) is 26.5. The Kier molecular flexibility index (Phi) is 4.94. The highest BCUT2D eigenvalue weighted by Gasteiger charge is 2.48. The second-order valence-corrected chi connectivity index (χ2v) is 8.41. The van der Waals surface area contributed by atoms with Crippen LogP contribution in [0, 0.1) is 9.49 Å². The van der Waals surface area contributed by atoms with E-state index in [1.807, 2.05) is 0 Å². The van der Waals surface area contributed by atoms with Gasteiger partial charge in [0.15, 0.2) is 0 Å². The SMILES string of the molecule is CC1CCCCC1(NS(=O)(=O)c1ccc(I)cc1)C(=O)O. The van der Waals surface area contributed by atoms with Gasteiger partial charge in [0.25, 0.3) is 0 Å². The summed E-state index contributed by atoms with van der Waals surface area (Å²) in [6.07, 6.45) is 2.68. The Morgan fingerprint density at radius 2 is 1.95 bits per heavy atom. The standard InChI is InChI=1S/C14H18INO4S/c1-10-4-2-3-9-14(10,13(17)18)16-21(19,20)12-7-5-11(15)6-8-12/h5-8,10,16H,2-4,9H2,1H3,(H,17,18). The van der Waals surface area contributed by atoms with Crippen LogP contribution in [-0.2, 0) is 14.8 Å². The van der Waals surface area contributed by atoms with Crippen LogP contribution in [0.1, 0.15) is 32.6 Å². The van der Waals surface area contributed by atoms with E-state index in [0.29, 0.717) is 19.3 Å². The van der Waals surface area contributed by atoms with E-state index in [-0.39, 0.29) is 10.8 Å². The van der Waals surface area contributed by atoms with Gasteiger partial charge in [0.1, 0.15) is 5.54 Å². The summed E-state index contributed by atoms with van der Waals surface area (Å²) in [6.45, 7) is 1.80.